The lowest BCUT2D eigenvalue weighted by molar-refractivity contribution is -0.154. The van der Waals surface area contributed by atoms with Gasteiger partial charge >= 0.3 is 5.97 Å². The van der Waals surface area contributed by atoms with Gasteiger partial charge in [-0.05, 0) is 68.8 Å². The number of rotatable bonds is 9. The molecule has 0 heterocycles. The topological polar surface area (TPSA) is 69.5 Å². The van der Waals surface area contributed by atoms with Gasteiger partial charge in [0.25, 0.3) is 0 Å². The fourth-order valence-electron chi connectivity index (χ4n) is 2.01. The van der Waals surface area contributed by atoms with E-state index in [1.165, 1.54) is 0 Å². The first-order valence-corrected chi connectivity index (χ1v) is 8.90. The molecular formula is C21H26N2O4. The number of methoxy groups -OCH3 is 1. The highest BCUT2D eigenvalue weighted by Crippen LogP contribution is 2.23. The highest BCUT2D eigenvalue weighted by Gasteiger charge is 2.26. The third kappa shape index (κ3) is 6.40. The molecule has 0 saturated carbocycles. The van der Waals surface area contributed by atoms with Crippen molar-refractivity contribution in [1.29, 1.82) is 0 Å². The van der Waals surface area contributed by atoms with Crippen LogP contribution in [0.1, 0.15) is 27.2 Å². The number of hydrogen-bond acceptors (Lipinski definition) is 6. The lowest BCUT2D eigenvalue weighted by Crippen LogP contribution is -2.27. The van der Waals surface area contributed by atoms with Crippen molar-refractivity contribution in [3.05, 3.63) is 48.5 Å². The van der Waals surface area contributed by atoms with Gasteiger partial charge in [-0.3, -0.25) is 4.79 Å². The minimum absolute atomic E-state index is 0.206. The van der Waals surface area contributed by atoms with Crippen LogP contribution in [0.25, 0.3) is 0 Å². The third-order valence-electron chi connectivity index (χ3n) is 4.21. The van der Waals surface area contributed by atoms with E-state index >= 15 is 0 Å². The highest BCUT2D eigenvalue weighted by molar-refractivity contribution is 5.75. The Hall–Kier alpha value is -2.89. The summed E-state index contributed by atoms with van der Waals surface area (Å²) in [5, 5.41) is 8.37. The summed E-state index contributed by atoms with van der Waals surface area (Å²) in [7, 11) is 1.62. The second-order valence-corrected chi connectivity index (χ2v) is 6.61. The summed E-state index contributed by atoms with van der Waals surface area (Å²) in [6, 6.07) is 14.6. The predicted octanol–water partition coefficient (Wildman–Crippen LogP) is 5.47. The summed E-state index contributed by atoms with van der Waals surface area (Å²) in [6.07, 6.45) is 0.735. The molecular weight excluding hydrogens is 344 g/mol. The number of hydrogen-bond donors (Lipinski definition) is 0. The summed E-state index contributed by atoms with van der Waals surface area (Å²) < 4.78 is 15.9. The number of ether oxygens (including phenoxy) is 3. The molecule has 0 aromatic heterocycles. The van der Waals surface area contributed by atoms with Gasteiger partial charge in [-0.1, -0.05) is 6.92 Å². The van der Waals surface area contributed by atoms with E-state index in [0.717, 1.165) is 17.9 Å². The van der Waals surface area contributed by atoms with Crippen LogP contribution in [0.2, 0.25) is 0 Å². The number of esters is 1. The second kappa shape index (κ2) is 9.71. The smallest absolute Gasteiger partial charge is 0.311 e. The molecule has 0 saturated heterocycles. The van der Waals surface area contributed by atoms with Crippen LogP contribution in [-0.2, 0) is 9.53 Å². The maximum Gasteiger partial charge on any atom is 0.311 e. The number of benzene rings is 2. The molecule has 0 bridgehead atoms. The van der Waals surface area contributed by atoms with Crippen LogP contribution in [-0.4, -0.2) is 26.3 Å². The number of nitrogens with zero attached hydrogens (tertiary/aromatic N) is 2. The Morgan fingerprint density at radius 1 is 0.889 bits per heavy atom. The van der Waals surface area contributed by atoms with Crippen LogP contribution in [0.5, 0.6) is 11.5 Å². The molecule has 0 aliphatic rings. The van der Waals surface area contributed by atoms with Crippen LogP contribution in [0, 0.1) is 5.41 Å². The van der Waals surface area contributed by atoms with Crippen LogP contribution in [0.4, 0.5) is 11.4 Å². The van der Waals surface area contributed by atoms with Crippen molar-refractivity contribution in [2.24, 2.45) is 15.6 Å². The molecule has 2 aromatic rings. The van der Waals surface area contributed by atoms with E-state index in [1.54, 1.807) is 19.2 Å². The van der Waals surface area contributed by atoms with E-state index in [0.29, 0.717) is 18.0 Å². The van der Waals surface area contributed by atoms with Crippen molar-refractivity contribution in [3.8, 4) is 11.5 Å². The molecule has 144 valence electrons. The first-order chi connectivity index (χ1) is 12.9. The SMILES string of the molecule is CCC(C)(C)C(=O)OCCOc1ccc(N=Nc2ccc(OC)cc2)cc1. The monoisotopic (exact) mass is 370 g/mol. The molecule has 0 spiro atoms. The quantitative estimate of drug-likeness (QED) is 0.333. The largest absolute Gasteiger partial charge is 0.497 e. The summed E-state index contributed by atoms with van der Waals surface area (Å²) in [4.78, 5) is 11.9. The predicted molar refractivity (Wildman–Crippen MR) is 104 cm³/mol. The van der Waals surface area contributed by atoms with E-state index in [2.05, 4.69) is 10.2 Å². The summed E-state index contributed by atoms with van der Waals surface area (Å²) in [6.45, 7) is 6.23. The fourth-order valence-corrected chi connectivity index (χ4v) is 2.01. The molecule has 0 radical (unpaired) electrons. The number of carbonyl (C=O) groups excluding carboxylic acids is 1. The highest BCUT2D eigenvalue weighted by atomic mass is 16.6. The Morgan fingerprint density at radius 2 is 1.41 bits per heavy atom. The molecule has 2 rings (SSSR count). The van der Waals surface area contributed by atoms with Crippen molar-refractivity contribution < 1.29 is 19.0 Å². The summed E-state index contributed by atoms with van der Waals surface area (Å²) in [5.74, 6) is 1.26. The van der Waals surface area contributed by atoms with E-state index in [4.69, 9.17) is 14.2 Å². The van der Waals surface area contributed by atoms with Gasteiger partial charge in [-0.15, -0.1) is 0 Å². The van der Waals surface area contributed by atoms with E-state index in [1.807, 2.05) is 57.2 Å². The Balaban J connectivity index is 1.79. The summed E-state index contributed by atoms with van der Waals surface area (Å²) >= 11 is 0. The molecule has 0 N–H and O–H groups in total. The molecule has 0 aliphatic heterocycles. The Labute approximate surface area is 160 Å². The molecule has 0 fully saturated rings. The van der Waals surface area contributed by atoms with Crippen LogP contribution in [0.15, 0.2) is 58.8 Å². The van der Waals surface area contributed by atoms with Gasteiger partial charge in [0.05, 0.1) is 23.9 Å². The number of carbonyl (C=O) groups is 1. The number of azo groups is 1. The molecule has 0 unspecified atom stereocenters. The zero-order chi connectivity index (χ0) is 19.7. The van der Waals surface area contributed by atoms with Gasteiger partial charge in [0.1, 0.15) is 24.7 Å². The Morgan fingerprint density at radius 3 is 1.89 bits per heavy atom. The first kappa shape index (κ1) is 20.4. The maximum atomic E-state index is 11.9. The van der Waals surface area contributed by atoms with Gasteiger partial charge in [0.2, 0.25) is 0 Å². The van der Waals surface area contributed by atoms with Crippen molar-refractivity contribution in [1.82, 2.24) is 0 Å². The van der Waals surface area contributed by atoms with Crippen LogP contribution >= 0.6 is 0 Å². The van der Waals surface area contributed by atoms with Crippen molar-refractivity contribution in [2.75, 3.05) is 20.3 Å². The average molecular weight is 370 g/mol. The third-order valence-corrected chi connectivity index (χ3v) is 4.21. The van der Waals surface area contributed by atoms with Crippen molar-refractivity contribution in [3.63, 3.8) is 0 Å². The van der Waals surface area contributed by atoms with E-state index < -0.39 is 5.41 Å². The zero-order valence-electron chi connectivity index (χ0n) is 16.3. The standard InChI is InChI=1S/C21H26N2O4/c1-5-21(2,3)20(24)27-15-14-26-19-12-8-17(9-13-19)23-22-16-6-10-18(25-4)11-7-16/h6-13H,5,14-15H2,1-4H3. The minimum Gasteiger partial charge on any atom is -0.497 e. The Bertz CT molecular complexity index is 753. The molecule has 0 atom stereocenters. The Kier molecular flexibility index (Phi) is 7.34. The average Bonchev–Trinajstić information content (AvgIpc) is 2.70. The summed E-state index contributed by atoms with van der Waals surface area (Å²) in [5.41, 5.74) is 0.999. The maximum absolute atomic E-state index is 11.9. The van der Waals surface area contributed by atoms with E-state index in [-0.39, 0.29) is 12.6 Å². The lowest BCUT2D eigenvalue weighted by atomic mass is 9.91. The molecule has 0 aliphatic carbocycles. The van der Waals surface area contributed by atoms with Gasteiger partial charge in [-0.2, -0.15) is 10.2 Å². The van der Waals surface area contributed by atoms with Gasteiger partial charge in [-0.25, -0.2) is 0 Å². The first-order valence-electron chi connectivity index (χ1n) is 8.90. The van der Waals surface area contributed by atoms with Gasteiger partial charge in [0, 0.05) is 0 Å². The van der Waals surface area contributed by atoms with Crippen molar-refractivity contribution in [2.45, 2.75) is 27.2 Å². The molecule has 0 amide bonds. The molecule has 6 heteroatoms. The minimum atomic E-state index is -0.462. The fraction of sp³-hybridized carbons (Fsp3) is 0.381. The van der Waals surface area contributed by atoms with Gasteiger partial charge in [0.15, 0.2) is 0 Å². The van der Waals surface area contributed by atoms with Crippen LogP contribution in [0.3, 0.4) is 0 Å². The zero-order valence-corrected chi connectivity index (χ0v) is 16.3. The van der Waals surface area contributed by atoms with E-state index in [9.17, 15) is 4.79 Å². The second-order valence-electron chi connectivity index (χ2n) is 6.61. The molecule has 27 heavy (non-hydrogen) atoms. The molecule has 2 aromatic carbocycles. The van der Waals surface area contributed by atoms with Crippen LogP contribution < -0.4 is 9.47 Å². The van der Waals surface area contributed by atoms with Crippen molar-refractivity contribution >= 4 is 17.3 Å². The molecule has 6 nitrogen and oxygen atoms in total. The van der Waals surface area contributed by atoms with Gasteiger partial charge < -0.3 is 14.2 Å². The lowest BCUT2D eigenvalue weighted by Gasteiger charge is -2.20. The normalized spacial score (nSPS) is 11.4.